The largest absolute Gasteiger partial charge is 0.381 e. The van der Waals surface area contributed by atoms with Crippen LogP contribution in [0.1, 0.15) is 5.69 Å². The van der Waals surface area contributed by atoms with Gasteiger partial charge in [-0.25, -0.2) is 4.68 Å². The Morgan fingerprint density at radius 2 is 2.25 bits per heavy atom. The number of nitrogen functional groups attached to an aromatic ring is 1. The van der Waals surface area contributed by atoms with Crippen LogP contribution in [-0.4, -0.2) is 19.9 Å². The van der Waals surface area contributed by atoms with Crippen molar-refractivity contribution in [3.8, 4) is 5.69 Å². The van der Waals surface area contributed by atoms with Gasteiger partial charge in [0.15, 0.2) is 5.82 Å². The first-order valence-electron chi connectivity index (χ1n) is 4.52. The number of nitro groups is 1. The molecule has 1 aromatic heterocycles. The average Bonchev–Trinajstić information content (AvgIpc) is 2.60. The van der Waals surface area contributed by atoms with E-state index in [4.69, 9.17) is 5.73 Å². The van der Waals surface area contributed by atoms with Crippen molar-refractivity contribution >= 4 is 11.5 Å². The van der Waals surface area contributed by atoms with E-state index in [0.717, 1.165) is 0 Å². The molecule has 7 heteroatoms. The molecular weight excluding hydrogens is 210 g/mol. The van der Waals surface area contributed by atoms with Gasteiger partial charge in [0.1, 0.15) is 0 Å². The fraction of sp³-hybridized carbons (Fsp3) is 0.111. The minimum Gasteiger partial charge on any atom is -0.381 e. The van der Waals surface area contributed by atoms with Crippen LogP contribution < -0.4 is 5.73 Å². The lowest BCUT2D eigenvalue weighted by Crippen LogP contribution is -2.00. The summed E-state index contributed by atoms with van der Waals surface area (Å²) in [6.45, 7) is 1.74. The molecule has 0 aliphatic heterocycles. The highest BCUT2D eigenvalue weighted by molar-refractivity contribution is 5.45. The first-order chi connectivity index (χ1) is 7.59. The maximum absolute atomic E-state index is 10.6. The molecule has 0 fully saturated rings. The van der Waals surface area contributed by atoms with E-state index in [1.165, 1.54) is 16.8 Å². The SMILES string of the molecule is Cc1c(N)nnn1-c1cccc([N+](=O)[O-])c1. The Balaban J connectivity index is 2.52. The first kappa shape index (κ1) is 10.1. The number of anilines is 1. The Kier molecular flexibility index (Phi) is 2.28. The van der Waals surface area contributed by atoms with Crippen molar-refractivity contribution in [1.82, 2.24) is 15.0 Å². The summed E-state index contributed by atoms with van der Waals surface area (Å²) in [5, 5.41) is 18.1. The molecule has 1 aromatic carbocycles. The molecule has 2 rings (SSSR count). The molecule has 2 aromatic rings. The van der Waals surface area contributed by atoms with Crippen LogP contribution in [0.3, 0.4) is 0 Å². The summed E-state index contributed by atoms with van der Waals surface area (Å²) in [6.07, 6.45) is 0. The summed E-state index contributed by atoms with van der Waals surface area (Å²) in [6, 6.07) is 6.12. The van der Waals surface area contributed by atoms with Crippen molar-refractivity contribution in [1.29, 1.82) is 0 Å². The Labute approximate surface area is 90.6 Å². The maximum atomic E-state index is 10.6. The molecule has 0 amide bonds. The Morgan fingerprint density at radius 3 is 2.81 bits per heavy atom. The second-order valence-electron chi connectivity index (χ2n) is 3.25. The van der Waals surface area contributed by atoms with Gasteiger partial charge in [-0.2, -0.15) is 0 Å². The van der Waals surface area contributed by atoms with Gasteiger partial charge in [0.05, 0.1) is 16.3 Å². The summed E-state index contributed by atoms with van der Waals surface area (Å²) in [7, 11) is 0. The number of nitro benzene ring substituents is 1. The monoisotopic (exact) mass is 219 g/mol. The van der Waals surface area contributed by atoms with Crippen LogP contribution in [0.2, 0.25) is 0 Å². The summed E-state index contributed by atoms with van der Waals surface area (Å²) < 4.78 is 1.46. The smallest absolute Gasteiger partial charge is 0.271 e. The van der Waals surface area contributed by atoms with Crippen LogP contribution in [-0.2, 0) is 0 Å². The molecule has 0 saturated heterocycles. The third-order valence-corrected chi connectivity index (χ3v) is 2.22. The number of aromatic nitrogens is 3. The highest BCUT2D eigenvalue weighted by Crippen LogP contribution is 2.18. The Morgan fingerprint density at radius 1 is 1.50 bits per heavy atom. The normalized spacial score (nSPS) is 10.3. The lowest BCUT2D eigenvalue weighted by Gasteiger charge is -2.02. The maximum Gasteiger partial charge on any atom is 0.271 e. The van der Waals surface area contributed by atoms with E-state index >= 15 is 0 Å². The molecule has 82 valence electrons. The van der Waals surface area contributed by atoms with Crippen molar-refractivity contribution in [3.05, 3.63) is 40.1 Å². The zero-order valence-corrected chi connectivity index (χ0v) is 8.49. The fourth-order valence-electron chi connectivity index (χ4n) is 1.32. The quantitative estimate of drug-likeness (QED) is 0.601. The van der Waals surface area contributed by atoms with Crippen LogP contribution in [0.5, 0.6) is 0 Å². The Bertz CT molecular complexity index is 549. The van der Waals surface area contributed by atoms with Gasteiger partial charge < -0.3 is 5.73 Å². The number of hydrogen-bond acceptors (Lipinski definition) is 5. The highest BCUT2D eigenvalue weighted by Gasteiger charge is 2.10. The van der Waals surface area contributed by atoms with Gasteiger partial charge in [-0.05, 0) is 13.0 Å². The van der Waals surface area contributed by atoms with E-state index in [1.807, 2.05) is 0 Å². The topological polar surface area (TPSA) is 99.9 Å². The standard InChI is InChI=1S/C9H9N5O2/c1-6-9(10)11-12-13(6)7-3-2-4-8(5-7)14(15)16/h2-5H,10H2,1H3. The van der Waals surface area contributed by atoms with Crippen molar-refractivity contribution in [2.45, 2.75) is 6.92 Å². The number of hydrogen-bond donors (Lipinski definition) is 1. The molecule has 0 spiro atoms. The second kappa shape index (κ2) is 3.61. The van der Waals surface area contributed by atoms with Gasteiger partial charge in [0.25, 0.3) is 5.69 Å². The molecule has 0 atom stereocenters. The lowest BCUT2D eigenvalue weighted by molar-refractivity contribution is -0.384. The predicted octanol–water partition coefficient (Wildman–Crippen LogP) is 1.07. The summed E-state index contributed by atoms with van der Waals surface area (Å²) >= 11 is 0. The van der Waals surface area contributed by atoms with Crippen LogP contribution in [0.25, 0.3) is 5.69 Å². The van der Waals surface area contributed by atoms with Gasteiger partial charge in [-0.3, -0.25) is 10.1 Å². The zero-order chi connectivity index (χ0) is 11.7. The van der Waals surface area contributed by atoms with Crippen LogP contribution in [0.4, 0.5) is 11.5 Å². The second-order valence-corrected chi connectivity index (χ2v) is 3.25. The lowest BCUT2D eigenvalue weighted by atomic mass is 10.3. The Hall–Kier alpha value is -2.44. The molecule has 0 bridgehead atoms. The number of non-ortho nitro benzene ring substituents is 1. The molecule has 0 unspecified atom stereocenters. The van der Waals surface area contributed by atoms with Gasteiger partial charge in [-0.1, -0.05) is 11.3 Å². The van der Waals surface area contributed by atoms with E-state index < -0.39 is 4.92 Å². The summed E-state index contributed by atoms with van der Waals surface area (Å²) in [4.78, 5) is 10.2. The molecule has 0 aliphatic rings. The van der Waals surface area contributed by atoms with E-state index in [9.17, 15) is 10.1 Å². The van der Waals surface area contributed by atoms with Gasteiger partial charge in [-0.15, -0.1) is 5.10 Å². The van der Waals surface area contributed by atoms with Gasteiger partial charge in [0.2, 0.25) is 0 Å². The molecule has 2 N–H and O–H groups in total. The van der Waals surface area contributed by atoms with Crippen LogP contribution in [0, 0.1) is 17.0 Å². The van der Waals surface area contributed by atoms with E-state index in [0.29, 0.717) is 17.2 Å². The molecule has 16 heavy (non-hydrogen) atoms. The first-order valence-corrected chi connectivity index (χ1v) is 4.52. The average molecular weight is 219 g/mol. The van der Waals surface area contributed by atoms with Gasteiger partial charge in [0, 0.05) is 12.1 Å². The molecule has 7 nitrogen and oxygen atoms in total. The van der Waals surface area contributed by atoms with Crippen LogP contribution in [0.15, 0.2) is 24.3 Å². The zero-order valence-electron chi connectivity index (χ0n) is 8.49. The van der Waals surface area contributed by atoms with Crippen molar-refractivity contribution < 1.29 is 4.92 Å². The van der Waals surface area contributed by atoms with Crippen molar-refractivity contribution in [3.63, 3.8) is 0 Å². The molecule has 0 aliphatic carbocycles. The fourth-order valence-corrected chi connectivity index (χ4v) is 1.32. The number of rotatable bonds is 2. The third kappa shape index (κ3) is 1.58. The van der Waals surface area contributed by atoms with E-state index in [2.05, 4.69) is 10.3 Å². The molecular formula is C9H9N5O2. The minimum atomic E-state index is -0.459. The predicted molar refractivity (Wildman–Crippen MR) is 57.2 cm³/mol. The van der Waals surface area contributed by atoms with Crippen molar-refractivity contribution in [2.24, 2.45) is 0 Å². The minimum absolute atomic E-state index is 0.00553. The summed E-state index contributed by atoms with van der Waals surface area (Å²) in [5.41, 5.74) is 6.77. The molecule has 0 radical (unpaired) electrons. The molecule has 1 heterocycles. The van der Waals surface area contributed by atoms with Crippen LogP contribution >= 0.6 is 0 Å². The third-order valence-electron chi connectivity index (χ3n) is 2.22. The van der Waals surface area contributed by atoms with E-state index in [1.54, 1.807) is 19.1 Å². The number of benzene rings is 1. The van der Waals surface area contributed by atoms with Crippen molar-refractivity contribution in [2.75, 3.05) is 5.73 Å². The summed E-state index contributed by atoms with van der Waals surface area (Å²) in [5.74, 6) is 0.312. The molecule has 0 saturated carbocycles. The highest BCUT2D eigenvalue weighted by atomic mass is 16.6. The van der Waals surface area contributed by atoms with Gasteiger partial charge >= 0.3 is 0 Å². The number of nitrogens with two attached hydrogens (primary N) is 1. The number of nitrogens with zero attached hydrogens (tertiary/aromatic N) is 4. The van der Waals surface area contributed by atoms with E-state index in [-0.39, 0.29) is 5.69 Å².